The summed E-state index contributed by atoms with van der Waals surface area (Å²) in [5.74, 6) is 0.153. The number of hydrogen-bond donors (Lipinski definition) is 1. The molecule has 0 atom stereocenters. The highest BCUT2D eigenvalue weighted by Crippen LogP contribution is 2.20. The molecule has 25 heavy (non-hydrogen) atoms. The molecular weight excluding hydrogens is 334 g/mol. The zero-order valence-corrected chi connectivity index (χ0v) is 15.0. The minimum absolute atomic E-state index is 0.0856. The van der Waals surface area contributed by atoms with Gasteiger partial charge >= 0.3 is 0 Å². The number of aryl methyl sites for hydroxylation is 2. The molecule has 3 aromatic rings. The van der Waals surface area contributed by atoms with Crippen molar-refractivity contribution >= 4 is 23.4 Å². The molecule has 0 spiro atoms. The Morgan fingerprint density at radius 3 is 2.84 bits per heavy atom. The molecule has 3 rings (SSSR count). The number of aromatic nitrogens is 4. The van der Waals surface area contributed by atoms with E-state index in [0.29, 0.717) is 5.16 Å². The lowest BCUT2D eigenvalue weighted by Gasteiger charge is -2.08. The topological polar surface area (TPSA) is 72.7 Å². The van der Waals surface area contributed by atoms with Crippen molar-refractivity contribution in [1.29, 1.82) is 0 Å². The summed E-state index contributed by atoms with van der Waals surface area (Å²) >= 11 is 1.31. The van der Waals surface area contributed by atoms with E-state index in [1.54, 1.807) is 4.68 Å². The van der Waals surface area contributed by atoms with Gasteiger partial charge in [0, 0.05) is 5.69 Å². The van der Waals surface area contributed by atoms with Gasteiger partial charge in [0.25, 0.3) is 0 Å². The molecule has 7 heteroatoms. The van der Waals surface area contributed by atoms with Gasteiger partial charge in [0.1, 0.15) is 0 Å². The standard InChI is InChI=1S/C18H19N5OS/c1-3-14-8-6-9-15(11-14)19-17(24)12-25-18-20-21-22-23(18)16-10-5-4-7-13(16)2/h4-11H,3,12H2,1-2H3,(H,19,24). The van der Waals surface area contributed by atoms with Crippen LogP contribution in [0.2, 0.25) is 0 Å². The van der Waals surface area contributed by atoms with Crippen molar-refractivity contribution < 1.29 is 4.79 Å². The minimum atomic E-state index is -0.0856. The first-order chi connectivity index (χ1) is 12.2. The number of hydrogen-bond acceptors (Lipinski definition) is 5. The van der Waals surface area contributed by atoms with Crippen LogP contribution in [-0.4, -0.2) is 31.9 Å². The Hall–Kier alpha value is -2.67. The van der Waals surface area contributed by atoms with Crippen LogP contribution in [0, 0.1) is 6.92 Å². The molecule has 0 fully saturated rings. The fourth-order valence-corrected chi connectivity index (χ4v) is 3.10. The average molecular weight is 353 g/mol. The van der Waals surface area contributed by atoms with E-state index in [0.717, 1.165) is 23.4 Å². The first kappa shape index (κ1) is 17.2. The number of amides is 1. The molecule has 0 aliphatic heterocycles. The summed E-state index contributed by atoms with van der Waals surface area (Å²) in [6.07, 6.45) is 0.934. The molecule has 0 bridgehead atoms. The van der Waals surface area contributed by atoms with E-state index in [1.807, 2.05) is 55.5 Å². The Labute approximate surface area is 150 Å². The van der Waals surface area contributed by atoms with Crippen LogP contribution < -0.4 is 5.32 Å². The predicted octanol–water partition coefficient (Wildman–Crippen LogP) is 3.26. The van der Waals surface area contributed by atoms with Gasteiger partial charge in [0.15, 0.2) is 0 Å². The van der Waals surface area contributed by atoms with Crippen LogP contribution in [0.5, 0.6) is 0 Å². The molecule has 128 valence electrons. The summed E-state index contributed by atoms with van der Waals surface area (Å²) in [6, 6.07) is 15.7. The van der Waals surface area contributed by atoms with E-state index >= 15 is 0 Å². The number of rotatable bonds is 6. The lowest BCUT2D eigenvalue weighted by Crippen LogP contribution is -2.14. The Morgan fingerprint density at radius 2 is 2.04 bits per heavy atom. The van der Waals surface area contributed by atoms with E-state index in [9.17, 15) is 4.79 Å². The summed E-state index contributed by atoms with van der Waals surface area (Å²) < 4.78 is 1.66. The third kappa shape index (κ3) is 4.24. The molecule has 6 nitrogen and oxygen atoms in total. The Morgan fingerprint density at radius 1 is 1.20 bits per heavy atom. The fraction of sp³-hybridized carbons (Fsp3) is 0.222. The number of carbonyl (C=O) groups is 1. The van der Waals surface area contributed by atoms with E-state index in [-0.39, 0.29) is 11.7 Å². The van der Waals surface area contributed by atoms with Crippen LogP contribution in [0.3, 0.4) is 0 Å². The van der Waals surface area contributed by atoms with Crippen molar-refractivity contribution in [2.45, 2.75) is 25.4 Å². The van der Waals surface area contributed by atoms with E-state index in [2.05, 4.69) is 27.8 Å². The fourth-order valence-electron chi connectivity index (χ4n) is 2.42. The molecule has 0 aliphatic carbocycles. The van der Waals surface area contributed by atoms with Gasteiger partial charge in [0.05, 0.1) is 11.4 Å². The number of nitrogens with one attached hydrogen (secondary N) is 1. The molecule has 0 unspecified atom stereocenters. The number of para-hydroxylation sites is 1. The summed E-state index contributed by atoms with van der Waals surface area (Å²) in [6.45, 7) is 4.08. The van der Waals surface area contributed by atoms with Crippen molar-refractivity contribution in [3.05, 3.63) is 59.7 Å². The summed E-state index contributed by atoms with van der Waals surface area (Å²) in [4.78, 5) is 12.2. The molecule has 1 amide bonds. The third-order valence-electron chi connectivity index (χ3n) is 3.74. The van der Waals surface area contributed by atoms with Crippen molar-refractivity contribution in [1.82, 2.24) is 20.2 Å². The average Bonchev–Trinajstić information content (AvgIpc) is 3.09. The number of anilines is 1. The normalized spacial score (nSPS) is 10.6. The second-order valence-electron chi connectivity index (χ2n) is 5.55. The van der Waals surface area contributed by atoms with Gasteiger partial charge in [-0.2, -0.15) is 4.68 Å². The number of nitrogens with zero attached hydrogens (tertiary/aromatic N) is 4. The van der Waals surface area contributed by atoms with Gasteiger partial charge in [-0.3, -0.25) is 4.79 Å². The van der Waals surface area contributed by atoms with Gasteiger partial charge in [-0.05, 0) is 53.1 Å². The largest absolute Gasteiger partial charge is 0.325 e. The first-order valence-electron chi connectivity index (χ1n) is 8.03. The number of thioether (sulfide) groups is 1. The molecule has 0 aliphatic rings. The summed E-state index contributed by atoms with van der Waals surface area (Å²) in [5, 5.41) is 15.3. The number of benzene rings is 2. The highest BCUT2D eigenvalue weighted by atomic mass is 32.2. The van der Waals surface area contributed by atoms with Gasteiger partial charge in [-0.25, -0.2) is 0 Å². The van der Waals surface area contributed by atoms with Gasteiger partial charge in [-0.1, -0.05) is 49.0 Å². The zero-order chi connectivity index (χ0) is 17.6. The quantitative estimate of drug-likeness (QED) is 0.689. The van der Waals surface area contributed by atoms with Crippen LogP contribution in [0.1, 0.15) is 18.1 Å². The van der Waals surface area contributed by atoms with Gasteiger partial charge < -0.3 is 5.32 Å². The molecule has 1 heterocycles. The van der Waals surface area contributed by atoms with E-state index < -0.39 is 0 Å². The van der Waals surface area contributed by atoms with Crippen LogP contribution in [0.15, 0.2) is 53.7 Å². The molecule has 1 aromatic heterocycles. The molecule has 2 aromatic carbocycles. The SMILES string of the molecule is CCc1cccc(NC(=O)CSc2nnnn2-c2ccccc2C)c1. The lowest BCUT2D eigenvalue weighted by molar-refractivity contribution is -0.113. The lowest BCUT2D eigenvalue weighted by atomic mass is 10.1. The maximum Gasteiger partial charge on any atom is 0.234 e. The second kappa shape index (κ2) is 7.94. The highest BCUT2D eigenvalue weighted by Gasteiger charge is 2.13. The maximum atomic E-state index is 12.2. The molecule has 0 saturated heterocycles. The van der Waals surface area contributed by atoms with Gasteiger partial charge in [0.2, 0.25) is 11.1 Å². The minimum Gasteiger partial charge on any atom is -0.325 e. The Kier molecular flexibility index (Phi) is 5.45. The summed E-state index contributed by atoms with van der Waals surface area (Å²) in [7, 11) is 0. The Balaban J connectivity index is 1.65. The monoisotopic (exact) mass is 353 g/mol. The van der Waals surface area contributed by atoms with E-state index in [4.69, 9.17) is 0 Å². The number of carbonyl (C=O) groups excluding carboxylic acids is 1. The second-order valence-corrected chi connectivity index (χ2v) is 6.49. The van der Waals surface area contributed by atoms with Crippen LogP contribution in [-0.2, 0) is 11.2 Å². The Bertz CT molecular complexity index is 877. The van der Waals surface area contributed by atoms with Crippen molar-refractivity contribution in [2.75, 3.05) is 11.1 Å². The number of tetrazole rings is 1. The van der Waals surface area contributed by atoms with E-state index in [1.165, 1.54) is 17.3 Å². The first-order valence-corrected chi connectivity index (χ1v) is 9.02. The van der Waals surface area contributed by atoms with Crippen LogP contribution >= 0.6 is 11.8 Å². The van der Waals surface area contributed by atoms with Gasteiger partial charge in [-0.15, -0.1) is 5.10 Å². The van der Waals surface area contributed by atoms with Crippen molar-refractivity contribution in [3.8, 4) is 5.69 Å². The molecule has 0 radical (unpaired) electrons. The predicted molar refractivity (Wildman–Crippen MR) is 99.1 cm³/mol. The van der Waals surface area contributed by atoms with Crippen LogP contribution in [0.4, 0.5) is 5.69 Å². The van der Waals surface area contributed by atoms with Crippen molar-refractivity contribution in [3.63, 3.8) is 0 Å². The van der Waals surface area contributed by atoms with Crippen LogP contribution in [0.25, 0.3) is 5.69 Å². The smallest absolute Gasteiger partial charge is 0.234 e. The highest BCUT2D eigenvalue weighted by molar-refractivity contribution is 7.99. The zero-order valence-electron chi connectivity index (χ0n) is 14.1. The van der Waals surface area contributed by atoms with Crippen molar-refractivity contribution in [2.24, 2.45) is 0 Å². The summed E-state index contributed by atoms with van der Waals surface area (Å²) in [5.41, 5.74) is 3.97. The molecular formula is C18H19N5OS. The maximum absolute atomic E-state index is 12.2. The third-order valence-corrected chi connectivity index (χ3v) is 4.66. The molecule has 0 saturated carbocycles. The molecule has 1 N–H and O–H groups in total.